The van der Waals surface area contributed by atoms with E-state index in [0.717, 1.165) is 12.8 Å². The van der Waals surface area contributed by atoms with Crippen LogP contribution in [0.25, 0.3) is 0 Å². The standard InChI is InChI=1S/C22H44O/c1-4-6-7-8-9-10-11-12-13-14-15-16-17-18-19-20-21-22(3,23)5-2/h12-13,23H,4-11,14-21H2,1-3H3/b13-12-. The lowest BCUT2D eigenvalue weighted by atomic mass is 9.95. The monoisotopic (exact) mass is 324 g/mol. The first-order valence-electron chi connectivity index (χ1n) is 10.5. The fourth-order valence-electron chi connectivity index (χ4n) is 2.93. The molecule has 0 saturated carbocycles. The Kier molecular flexibility index (Phi) is 16.3. The molecule has 23 heavy (non-hydrogen) atoms. The van der Waals surface area contributed by atoms with Crippen molar-refractivity contribution in [1.29, 1.82) is 0 Å². The van der Waals surface area contributed by atoms with Gasteiger partial charge in [0.2, 0.25) is 0 Å². The van der Waals surface area contributed by atoms with E-state index in [2.05, 4.69) is 26.0 Å². The summed E-state index contributed by atoms with van der Waals surface area (Å²) in [5, 5.41) is 9.93. The van der Waals surface area contributed by atoms with Crippen LogP contribution in [0.2, 0.25) is 0 Å². The van der Waals surface area contributed by atoms with E-state index in [1.807, 2.05) is 6.92 Å². The molecule has 0 aromatic rings. The van der Waals surface area contributed by atoms with E-state index in [-0.39, 0.29) is 0 Å². The molecule has 1 atom stereocenters. The first-order chi connectivity index (χ1) is 11.1. The summed E-state index contributed by atoms with van der Waals surface area (Å²) in [5.41, 5.74) is -0.430. The minimum atomic E-state index is -0.430. The predicted molar refractivity (Wildman–Crippen MR) is 105 cm³/mol. The van der Waals surface area contributed by atoms with Gasteiger partial charge in [0, 0.05) is 0 Å². The summed E-state index contributed by atoms with van der Waals surface area (Å²) >= 11 is 0. The number of aliphatic hydroxyl groups is 1. The van der Waals surface area contributed by atoms with E-state index in [1.54, 1.807) is 0 Å². The topological polar surface area (TPSA) is 20.2 Å². The highest BCUT2D eigenvalue weighted by molar-refractivity contribution is 4.81. The van der Waals surface area contributed by atoms with Crippen LogP contribution in [0.5, 0.6) is 0 Å². The number of allylic oxidation sites excluding steroid dienone is 2. The lowest BCUT2D eigenvalue weighted by Crippen LogP contribution is -2.22. The Morgan fingerprint density at radius 3 is 1.57 bits per heavy atom. The zero-order valence-electron chi connectivity index (χ0n) is 16.4. The van der Waals surface area contributed by atoms with Gasteiger partial charge in [0.15, 0.2) is 0 Å². The first kappa shape index (κ1) is 22.7. The van der Waals surface area contributed by atoms with Gasteiger partial charge < -0.3 is 5.11 Å². The molecule has 1 unspecified atom stereocenters. The fraction of sp³-hybridized carbons (Fsp3) is 0.909. The molecule has 0 amide bonds. The maximum atomic E-state index is 9.93. The van der Waals surface area contributed by atoms with Crippen LogP contribution in [0.1, 0.15) is 124 Å². The quantitative estimate of drug-likeness (QED) is 0.216. The van der Waals surface area contributed by atoms with Gasteiger partial charge in [-0.1, -0.05) is 90.2 Å². The number of hydrogen-bond donors (Lipinski definition) is 1. The SMILES string of the molecule is CCCCCCCC/C=C\CCCCCCCCC(C)(O)CC. The van der Waals surface area contributed by atoms with E-state index in [9.17, 15) is 5.11 Å². The molecule has 0 aromatic carbocycles. The molecule has 1 N–H and O–H groups in total. The molecule has 0 fully saturated rings. The maximum Gasteiger partial charge on any atom is 0.0617 e. The van der Waals surface area contributed by atoms with Crippen molar-refractivity contribution >= 4 is 0 Å². The van der Waals surface area contributed by atoms with Crippen molar-refractivity contribution in [3.05, 3.63) is 12.2 Å². The number of rotatable bonds is 17. The van der Waals surface area contributed by atoms with Crippen LogP contribution in [0.15, 0.2) is 12.2 Å². The molecule has 0 aliphatic carbocycles. The highest BCUT2D eigenvalue weighted by Crippen LogP contribution is 2.18. The Morgan fingerprint density at radius 2 is 1.09 bits per heavy atom. The normalized spacial score (nSPS) is 14.4. The van der Waals surface area contributed by atoms with Gasteiger partial charge in [-0.15, -0.1) is 0 Å². The molecule has 0 aliphatic heterocycles. The van der Waals surface area contributed by atoms with Crippen LogP contribution in [0.3, 0.4) is 0 Å². The minimum absolute atomic E-state index is 0.430. The van der Waals surface area contributed by atoms with E-state index >= 15 is 0 Å². The van der Waals surface area contributed by atoms with E-state index < -0.39 is 5.60 Å². The summed E-state index contributed by atoms with van der Waals surface area (Å²) in [6.07, 6.45) is 25.4. The molecule has 0 aromatic heterocycles. The Labute approximate surface area is 147 Å². The maximum absolute atomic E-state index is 9.93. The van der Waals surface area contributed by atoms with Gasteiger partial charge in [-0.3, -0.25) is 0 Å². The van der Waals surface area contributed by atoms with Crippen molar-refractivity contribution in [3.63, 3.8) is 0 Å². The molecule has 0 spiro atoms. The Hall–Kier alpha value is -0.300. The minimum Gasteiger partial charge on any atom is -0.390 e. The smallest absolute Gasteiger partial charge is 0.0617 e. The molecule has 0 saturated heterocycles. The summed E-state index contributed by atoms with van der Waals surface area (Å²) in [5.74, 6) is 0. The van der Waals surface area contributed by atoms with E-state index in [4.69, 9.17) is 0 Å². The van der Waals surface area contributed by atoms with Gasteiger partial charge in [0.25, 0.3) is 0 Å². The average Bonchev–Trinajstić information content (AvgIpc) is 2.54. The van der Waals surface area contributed by atoms with Crippen LogP contribution in [-0.4, -0.2) is 10.7 Å². The molecule has 0 rings (SSSR count). The van der Waals surface area contributed by atoms with Crippen molar-refractivity contribution in [1.82, 2.24) is 0 Å². The lowest BCUT2D eigenvalue weighted by molar-refractivity contribution is 0.0442. The van der Waals surface area contributed by atoms with Crippen molar-refractivity contribution in [2.75, 3.05) is 0 Å². The Morgan fingerprint density at radius 1 is 0.652 bits per heavy atom. The zero-order chi connectivity index (χ0) is 17.2. The highest BCUT2D eigenvalue weighted by atomic mass is 16.3. The van der Waals surface area contributed by atoms with Crippen LogP contribution < -0.4 is 0 Å². The highest BCUT2D eigenvalue weighted by Gasteiger charge is 2.15. The third kappa shape index (κ3) is 17.9. The third-order valence-electron chi connectivity index (χ3n) is 4.99. The largest absolute Gasteiger partial charge is 0.390 e. The van der Waals surface area contributed by atoms with Gasteiger partial charge in [0.05, 0.1) is 5.60 Å². The second-order valence-corrected chi connectivity index (χ2v) is 7.54. The van der Waals surface area contributed by atoms with Crippen LogP contribution in [-0.2, 0) is 0 Å². The van der Waals surface area contributed by atoms with Gasteiger partial charge >= 0.3 is 0 Å². The van der Waals surface area contributed by atoms with Crippen LogP contribution in [0.4, 0.5) is 0 Å². The molecule has 0 radical (unpaired) electrons. The number of unbranched alkanes of at least 4 members (excludes halogenated alkanes) is 12. The van der Waals surface area contributed by atoms with E-state index in [0.29, 0.717) is 0 Å². The number of hydrogen-bond acceptors (Lipinski definition) is 1. The van der Waals surface area contributed by atoms with Gasteiger partial charge in [-0.25, -0.2) is 0 Å². The van der Waals surface area contributed by atoms with Gasteiger partial charge in [-0.05, 0) is 45.4 Å². The summed E-state index contributed by atoms with van der Waals surface area (Å²) in [6, 6.07) is 0. The summed E-state index contributed by atoms with van der Waals surface area (Å²) < 4.78 is 0. The molecule has 1 heteroatoms. The molecular weight excluding hydrogens is 280 g/mol. The lowest BCUT2D eigenvalue weighted by Gasteiger charge is -2.20. The molecule has 0 aliphatic rings. The zero-order valence-corrected chi connectivity index (χ0v) is 16.4. The summed E-state index contributed by atoms with van der Waals surface area (Å²) in [4.78, 5) is 0. The Balaban J connectivity index is 3.16. The van der Waals surface area contributed by atoms with Crippen molar-refractivity contribution in [2.24, 2.45) is 0 Å². The summed E-state index contributed by atoms with van der Waals surface area (Å²) in [6.45, 7) is 6.31. The molecular formula is C22H44O. The predicted octanol–water partition coefficient (Wildman–Crippen LogP) is 7.58. The van der Waals surface area contributed by atoms with Crippen LogP contribution >= 0.6 is 0 Å². The van der Waals surface area contributed by atoms with Crippen molar-refractivity contribution < 1.29 is 5.11 Å². The van der Waals surface area contributed by atoms with E-state index in [1.165, 1.54) is 89.9 Å². The Bertz CT molecular complexity index is 255. The van der Waals surface area contributed by atoms with Crippen molar-refractivity contribution in [2.45, 2.75) is 129 Å². The molecule has 138 valence electrons. The van der Waals surface area contributed by atoms with Gasteiger partial charge in [0.1, 0.15) is 0 Å². The summed E-state index contributed by atoms with van der Waals surface area (Å²) in [7, 11) is 0. The van der Waals surface area contributed by atoms with Gasteiger partial charge in [-0.2, -0.15) is 0 Å². The molecule has 1 nitrogen and oxygen atoms in total. The second-order valence-electron chi connectivity index (χ2n) is 7.54. The fourth-order valence-corrected chi connectivity index (χ4v) is 2.93. The van der Waals surface area contributed by atoms with Crippen molar-refractivity contribution in [3.8, 4) is 0 Å². The first-order valence-corrected chi connectivity index (χ1v) is 10.5. The average molecular weight is 325 g/mol. The third-order valence-corrected chi connectivity index (χ3v) is 4.99. The second kappa shape index (κ2) is 16.6. The molecule has 0 heterocycles. The molecule has 0 bridgehead atoms. The van der Waals surface area contributed by atoms with Crippen LogP contribution in [0, 0.1) is 0 Å².